The third-order valence-corrected chi connectivity index (χ3v) is 5.44. The van der Waals surface area contributed by atoms with Gasteiger partial charge in [-0.2, -0.15) is 0 Å². The SMILES string of the molecule is Cc1nc2ccccc2n1CCNC(C)C1CC2CCC1O2. The van der Waals surface area contributed by atoms with Gasteiger partial charge in [0.1, 0.15) is 5.82 Å². The van der Waals surface area contributed by atoms with E-state index < -0.39 is 0 Å². The molecule has 4 rings (SSSR count). The van der Waals surface area contributed by atoms with Crippen molar-refractivity contribution in [3.8, 4) is 0 Å². The van der Waals surface area contributed by atoms with Crippen molar-refractivity contribution in [3.63, 3.8) is 0 Å². The van der Waals surface area contributed by atoms with Crippen molar-refractivity contribution in [2.24, 2.45) is 5.92 Å². The summed E-state index contributed by atoms with van der Waals surface area (Å²) in [5.74, 6) is 1.79. The third kappa shape index (κ3) is 2.44. The Hall–Kier alpha value is -1.39. The van der Waals surface area contributed by atoms with Crippen molar-refractivity contribution < 1.29 is 4.74 Å². The zero-order valence-corrected chi connectivity index (χ0v) is 13.5. The van der Waals surface area contributed by atoms with Crippen molar-refractivity contribution >= 4 is 11.0 Å². The second kappa shape index (κ2) is 5.67. The predicted octanol–water partition coefficient (Wildman–Crippen LogP) is 2.89. The Balaban J connectivity index is 1.37. The number of nitrogens with zero attached hydrogens (tertiary/aromatic N) is 2. The lowest BCUT2D eigenvalue weighted by molar-refractivity contribution is 0.0870. The molecule has 118 valence electrons. The summed E-state index contributed by atoms with van der Waals surface area (Å²) in [6.45, 7) is 6.36. The van der Waals surface area contributed by atoms with Crippen LogP contribution in [0.2, 0.25) is 0 Å². The summed E-state index contributed by atoms with van der Waals surface area (Å²) in [6.07, 6.45) is 4.81. The van der Waals surface area contributed by atoms with E-state index in [1.807, 2.05) is 0 Å². The fourth-order valence-electron chi connectivity index (χ4n) is 4.24. The van der Waals surface area contributed by atoms with Gasteiger partial charge in [0.15, 0.2) is 0 Å². The van der Waals surface area contributed by atoms with Crippen LogP contribution in [0.25, 0.3) is 11.0 Å². The van der Waals surface area contributed by atoms with Gasteiger partial charge in [0.25, 0.3) is 0 Å². The van der Waals surface area contributed by atoms with Crippen LogP contribution in [0.3, 0.4) is 0 Å². The lowest BCUT2D eigenvalue weighted by Gasteiger charge is -2.26. The van der Waals surface area contributed by atoms with Crippen molar-refractivity contribution in [1.82, 2.24) is 14.9 Å². The minimum Gasteiger partial charge on any atom is -0.375 e. The number of ether oxygens (including phenoxy) is 1. The predicted molar refractivity (Wildman–Crippen MR) is 87.9 cm³/mol. The first kappa shape index (κ1) is 14.2. The fraction of sp³-hybridized carbons (Fsp3) is 0.611. The number of fused-ring (bicyclic) bond motifs is 3. The van der Waals surface area contributed by atoms with E-state index in [1.165, 1.54) is 24.8 Å². The molecule has 2 saturated heterocycles. The van der Waals surface area contributed by atoms with Crippen molar-refractivity contribution in [1.29, 1.82) is 0 Å². The minimum absolute atomic E-state index is 0.503. The maximum Gasteiger partial charge on any atom is 0.106 e. The topological polar surface area (TPSA) is 39.1 Å². The molecule has 2 bridgehead atoms. The number of aromatic nitrogens is 2. The molecule has 4 nitrogen and oxygen atoms in total. The first-order valence-electron chi connectivity index (χ1n) is 8.53. The largest absolute Gasteiger partial charge is 0.375 e. The van der Waals surface area contributed by atoms with Gasteiger partial charge in [-0.3, -0.25) is 0 Å². The van der Waals surface area contributed by atoms with Crippen LogP contribution in [-0.4, -0.2) is 34.3 Å². The summed E-state index contributed by atoms with van der Waals surface area (Å²) in [5.41, 5.74) is 2.33. The van der Waals surface area contributed by atoms with Gasteiger partial charge >= 0.3 is 0 Å². The van der Waals surface area contributed by atoms with Crippen LogP contribution in [0.4, 0.5) is 0 Å². The summed E-state index contributed by atoms with van der Waals surface area (Å²) in [4.78, 5) is 4.63. The molecule has 2 aromatic rings. The maximum absolute atomic E-state index is 5.98. The Morgan fingerprint density at radius 1 is 1.36 bits per heavy atom. The summed E-state index contributed by atoms with van der Waals surface area (Å²) in [7, 11) is 0. The zero-order chi connectivity index (χ0) is 15.1. The van der Waals surface area contributed by atoms with Crippen LogP contribution in [-0.2, 0) is 11.3 Å². The van der Waals surface area contributed by atoms with Crippen molar-refractivity contribution in [3.05, 3.63) is 30.1 Å². The molecule has 2 aliphatic rings. The second-order valence-electron chi connectivity index (χ2n) is 6.82. The maximum atomic E-state index is 5.98. The Kier molecular flexibility index (Phi) is 3.66. The molecule has 22 heavy (non-hydrogen) atoms. The Morgan fingerprint density at radius 2 is 2.23 bits per heavy atom. The number of para-hydroxylation sites is 2. The molecule has 0 amide bonds. The Bertz CT molecular complexity index is 665. The van der Waals surface area contributed by atoms with Crippen LogP contribution in [0.15, 0.2) is 24.3 Å². The number of nitrogens with one attached hydrogen (secondary N) is 1. The first-order chi connectivity index (χ1) is 10.7. The van der Waals surface area contributed by atoms with Gasteiger partial charge in [0.2, 0.25) is 0 Å². The number of aryl methyl sites for hydroxylation is 1. The average molecular weight is 299 g/mol. The lowest BCUT2D eigenvalue weighted by Crippen LogP contribution is -2.39. The van der Waals surface area contributed by atoms with Crippen LogP contribution in [0.5, 0.6) is 0 Å². The molecular formula is C18H25N3O. The molecule has 2 fully saturated rings. The van der Waals surface area contributed by atoms with Crippen LogP contribution in [0.1, 0.15) is 32.0 Å². The number of hydrogen-bond donors (Lipinski definition) is 1. The average Bonchev–Trinajstić information content (AvgIpc) is 3.21. The molecule has 4 unspecified atom stereocenters. The van der Waals surface area contributed by atoms with E-state index in [9.17, 15) is 0 Å². The highest BCUT2D eigenvalue weighted by Gasteiger charge is 2.42. The van der Waals surface area contributed by atoms with Gasteiger partial charge in [-0.25, -0.2) is 4.98 Å². The van der Waals surface area contributed by atoms with Gasteiger partial charge in [-0.15, -0.1) is 0 Å². The van der Waals surface area contributed by atoms with E-state index in [0.717, 1.165) is 24.4 Å². The number of benzene rings is 1. The van der Waals surface area contributed by atoms with Crippen LogP contribution >= 0.6 is 0 Å². The smallest absolute Gasteiger partial charge is 0.106 e. The summed E-state index contributed by atoms with van der Waals surface area (Å²) < 4.78 is 8.29. The van der Waals surface area contributed by atoms with E-state index in [-0.39, 0.29) is 0 Å². The van der Waals surface area contributed by atoms with E-state index in [0.29, 0.717) is 24.2 Å². The van der Waals surface area contributed by atoms with E-state index in [4.69, 9.17) is 4.74 Å². The van der Waals surface area contributed by atoms with Crippen molar-refractivity contribution in [2.45, 2.75) is 57.9 Å². The normalized spacial score (nSPS) is 28.5. The molecular weight excluding hydrogens is 274 g/mol. The van der Waals surface area contributed by atoms with Gasteiger partial charge in [-0.1, -0.05) is 12.1 Å². The molecule has 0 saturated carbocycles. The Labute approximate surface area is 131 Å². The molecule has 1 aromatic heterocycles. The third-order valence-electron chi connectivity index (χ3n) is 5.44. The molecule has 3 heterocycles. The Morgan fingerprint density at radius 3 is 3.00 bits per heavy atom. The fourth-order valence-corrected chi connectivity index (χ4v) is 4.24. The summed E-state index contributed by atoms with van der Waals surface area (Å²) in [6, 6.07) is 8.91. The molecule has 1 aromatic carbocycles. The number of rotatable bonds is 5. The quantitative estimate of drug-likeness (QED) is 0.922. The van der Waals surface area contributed by atoms with E-state index in [2.05, 4.69) is 53.0 Å². The highest BCUT2D eigenvalue weighted by Crippen LogP contribution is 2.40. The van der Waals surface area contributed by atoms with E-state index >= 15 is 0 Å². The van der Waals surface area contributed by atoms with E-state index in [1.54, 1.807) is 0 Å². The van der Waals surface area contributed by atoms with Crippen molar-refractivity contribution in [2.75, 3.05) is 6.54 Å². The molecule has 0 aliphatic carbocycles. The monoisotopic (exact) mass is 299 g/mol. The summed E-state index contributed by atoms with van der Waals surface area (Å²) in [5, 5.41) is 3.71. The molecule has 0 radical (unpaired) electrons. The van der Waals surface area contributed by atoms with Gasteiger partial charge in [-0.05, 0) is 45.2 Å². The van der Waals surface area contributed by atoms with Crippen LogP contribution in [0, 0.1) is 12.8 Å². The van der Waals surface area contributed by atoms with Gasteiger partial charge in [0.05, 0.1) is 23.2 Å². The molecule has 1 N–H and O–H groups in total. The standard InChI is InChI=1S/C18H25N3O/c1-12(15-11-14-7-8-18(15)22-14)19-9-10-21-13(2)20-16-5-3-4-6-17(16)21/h3-6,12,14-15,18-19H,7-11H2,1-2H3. The second-order valence-corrected chi connectivity index (χ2v) is 6.82. The molecule has 4 atom stereocenters. The summed E-state index contributed by atoms with van der Waals surface area (Å²) >= 11 is 0. The molecule has 2 aliphatic heterocycles. The van der Waals surface area contributed by atoms with Gasteiger partial charge in [0, 0.05) is 25.0 Å². The molecule has 0 spiro atoms. The first-order valence-corrected chi connectivity index (χ1v) is 8.53. The highest BCUT2D eigenvalue weighted by atomic mass is 16.5. The van der Waals surface area contributed by atoms with Gasteiger partial charge < -0.3 is 14.6 Å². The minimum atomic E-state index is 0.503. The zero-order valence-electron chi connectivity index (χ0n) is 13.5. The molecule has 4 heteroatoms. The highest BCUT2D eigenvalue weighted by molar-refractivity contribution is 5.75. The number of hydrogen-bond acceptors (Lipinski definition) is 3. The van der Waals surface area contributed by atoms with Crippen LogP contribution < -0.4 is 5.32 Å². The number of imidazole rings is 1. The lowest BCUT2D eigenvalue weighted by atomic mass is 9.84.